The van der Waals surface area contributed by atoms with Crippen LogP contribution in [0.5, 0.6) is 0 Å². The lowest BCUT2D eigenvalue weighted by molar-refractivity contribution is 0.224. The van der Waals surface area contributed by atoms with Crippen LogP contribution in [0.2, 0.25) is 0 Å². The zero-order chi connectivity index (χ0) is 12.7. The molecule has 18 heavy (non-hydrogen) atoms. The predicted octanol–water partition coefficient (Wildman–Crippen LogP) is 4.30. The van der Waals surface area contributed by atoms with Crippen LogP contribution in [0.25, 0.3) is 0 Å². The van der Waals surface area contributed by atoms with E-state index in [0.29, 0.717) is 0 Å². The molecule has 0 radical (unpaired) electrons. The molecule has 96 valence electrons. The van der Waals surface area contributed by atoms with Gasteiger partial charge in [-0.2, -0.15) is 11.8 Å². The summed E-state index contributed by atoms with van der Waals surface area (Å²) in [4.78, 5) is 5.11. The first-order valence-electron chi connectivity index (χ1n) is 6.09. The SMILES string of the molecule is Cc1cc(C(O)c2cc3c(s2)CCSC3)c(C)s1. The van der Waals surface area contributed by atoms with Crippen molar-refractivity contribution in [3.05, 3.63) is 42.8 Å². The Hall–Kier alpha value is -0.290. The minimum Gasteiger partial charge on any atom is -0.383 e. The number of aliphatic hydroxyl groups is 1. The molecular formula is C14H16OS3. The highest BCUT2D eigenvalue weighted by Gasteiger charge is 2.21. The highest BCUT2D eigenvalue weighted by molar-refractivity contribution is 7.98. The van der Waals surface area contributed by atoms with Crippen LogP contribution in [0.3, 0.4) is 0 Å². The first-order valence-corrected chi connectivity index (χ1v) is 8.88. The second kappa shape index (κ2) is 5.00. The van der Waals surface area contributed by atoms with Crippen LogP contribution < -0.4 is 0 Å². The summed E-state index contributed by atoms with van der Waals surface area (Å²) in [6.45, 7) is 4.20. The van der Waals surface area contributed by atoms with Gasteiger partial charge in [-0.25, -0.2) is 0 Å². The zero-order valence-corrected chi connectivity index (χ0v) is 13.0. The lowest BCUT2D eigenvalue weighted by Crippen LogP contribution is -1.97. The lowest BCUT2D eigenvalue weighted by atomic mass is 10.1. The Morgan fingerprint density at radius 1 is 1.22 bits per heavy atom. The van der Waals surface area contributed by atoms with Crippen LogP contribution in [0.15, 0.2) is 12.1 Å². The molecule has 2 aromatic heterocycles. The van der Waals surface area contributed by atoms with Crippen molar-refractivity contribution in [2.75, 3.05) is 5.75 Å². The molecule has 1 unspecified atom stereocenters. The minimum absolute atomic E-state index is 0.435. The van der Waals surface area contributed by atoms with Crippen LogP contribution in [-0.4, -0.2) is 10.9 Å². The van der Waals surface area contributed by atoms with E-state index in [0.717, 1.165) is 16.2 Å². The van der Waals surface area contributed by atoms with E-state index >= 15 is 0 Å². The number of hydrogen-bond donors (Lipinski definition) is 1. The highest BCUT2D eigenvalue weighted by Crippen LogP contribution is 2.38. The molecule has 0 amide bonds. The van der Waals surface area contributed by atoms with Gasteiger partial charge in [0.2, 0.25) is 0 Å². The second-order valence-electron chi connectivity index (χ2n) is 4.67. The molecule has 1 aliphatic heterocycles. The van der Waals surface area contributed by atoms with Crippen molar-refractivity contribution in [2.24, 2.45) is 0 Å². The fourth-order valence-corrected chi connectivity index (χ4v) is 5.72. The van der Waals surface area contributed by atoms with Crippen molar-refractivity contribution in [3.63, 3.8) is 0 Å². The van der Waals surface area contributed by atoms with Gasteiger partial charge >= 0.3 is 0 Å². The molecule has 1 nitrogen and oxygen atoms in total. The average molecular weight is 296 g/mol. The summed E-state index contributed by atoms with van der Waals surface area (Å²) < 4.78 is 0. The number of hydrogen-bond acceptors (Lipinski definition) is 4. The molecule has 0 saturated heterocycles. The van der Waals surface area contributed by atoms with Gasteiger partial charge in [-0.1, -0.05) is 0 Å². The number of aryl methyl sites for hydroxylation is 3. The molecule has 0 bridgehead atoms. The molecule has 1 aliphatic rings. The van der Waals surface area contributed by atoms with Crippen LogP contribution in [0, 0.1) is 13.8 Å². The van der Waals surface area contributed by atoms with Gasteiger partial charge in [0.1, 0.15) is 6.10 Å². The molecule has 1 atom stereocenters. The number of fused-ring (bicyclic) bond motifs is 1. The Labute approximate surface area is 120 Å². The van der Waals surface area contributed by atoms with Crippen LogP contribution >= 0.6 is 34.4 Å². The summed E-state index contributed by atoms with van der Waals surface area (Å²) in [5.41, 5.74) is 2.53. The van der Waals surface area contributed by atoms with Gasteiger partial charge in [-0.15, -0.1) is 22.7 Å². The van der Waals surface area contributed by atoms with E-state index in [4.69, 9.17) is 0 Å². The molecule has 1 N–H and O–H groups in total. The van der Waals surface area contributed by atoms with Crippen LogP contribution in [0.4, 0.5) is 0 Å². The first kappa shape index (κ1) is 12.7. The van der Waals surface area contributed by atoms with Crippen molar-refractivity contribution in [2.45, 2.75) is 32.1 Å². The zero-order valence-electron chi connectivity index (χ0n) is 10.5. The standard InChI is InChI=1S/C14H16OS3/c1-8-5-11(9(2)17-8)14(15)13-6-10-7-16-4-3-12(10)18-13/h5-6,14-15H,3-4,7H2,1-2H3. The molecule has 3 rings (SSSR count). The molecule has 0 spiro atoms. The maximum atomic E-state index is 10.5. The predicted molar refractivity (Wildman–Crippen MR) is 82.0 cm³/mol. The third kappa shape index (κ3) is 2.27. The molecular weight excluding hydrogens is 280 g/mol. The Balaban J connectivity index is 1.94. The van der Waals surface area contributed by atoms with E-state index in [1.165, 1.54) is 32.4 Å². The van der Waals surface area contributed by atoms with Crippen LogP contribution in [-0.2, 0) is 12.2 Å². The van der Waals surface area contributed by atoms with Gasteiger partial charge in [-0.3, -0.25) is 0 Å². The molecule has 0 saturated carbocycles. The minimum atomic E-state index is -0.435. The van der Waals surface area contributed by atoms with E-state index in [1.807, 2.05) is 11.8 Å². The smallest absolute Gasteiger partial charge is 0.114 e. The lowest BCUT2D eigenvalue weighted by Gasteiger charge is -2.08. The van der Waals surface area contributed by atoms with Crippen molar-refractivity contribution >= 4 is 34.4 Å². The summed E-state index contributed by atoms with van der Waals surface area (Å²) in [6.07, 6.45) is 0.731. The number of rotatable bonds is 2. The number of aliphatic hydroxyl groups excluding tert-OH is 1. The Morgan fingerprint density at radius 2 is 2.06 bits per heavy atom. The fourth-order valence-electron chi connectivity index (χ4n) is 2.38. The molecule has 2 aromatic rings. The first-order chi connectivity index (χ1) is 8.65. The maximum absolute atomic E-state index is 10.5. The normalized spacial score (nSPS) is 16.6. The van der Waals surface area contributed by atoms with Gasteiger partial charge in [0, 0.05) is 25.3 Å². The summed E-state index contributed by atoms with van der Waals surface area (Å²) >= 11 is 5.56. The summed E-state index contributed by atoms with van der Waals surface area (Å²) in [5, 5.41) is 10.5. The van der Waals surface area contributed by atoms with Gasteiger partial charge in [0.05, 0.1) is 0 Å². The van der Waals surface area contributed by atoms with Crippen LogP contribution in [0.1, 0.15) is 36.7 Å². The highest BCUT2D eigenvalue weighted by atomic mass is 32.2. The second-order valence-corrected chi connectivity index (χ2v) is 8.40. The van der Waals surface area contributed by atoms with Gasteiger partial charge < -0.3 is 5.11 Å². The van der Waals surface area contributed by atoms with E-state index in [-0.39, 0.29) is 0 Å². The van der Waals surface area contributed by atoms with E-state index in [2.05, 4.69) is 26.0 Å². The van der Waals surface area contributed by atoms with Gasteiger partial charge in [0.15, 0.2) is 0 Å². The maximum Gasteiger partial charge on any atom is 0.114 e. The van der Waals surface area contributed by atoms with E-state index in [9.17, 15) is 5.11 Å². The third-order valence-electron chi connectivity index (χ3n) is 3.29. The average Bonchev–Trinajstić information content (AvgIpc) is 2.91. The number of thioether (sulfide) groups is 1. The molecule has 0 aliphatic carbocycles. The topological polar surface area (TPSA) is 20.2 Å². The molecule has 4 heteroatoms. The van der Waals surface area contributed by atoms with Gasteiger partial charge in [-0.05, 0) is 49.3 Å². The van der Waals surface area contributed by atoms with E-state index < -0.39 is 6.10 Å². The molecule has 0 aromatic carbocycles. The number of thiophene rings is 2. The fraction of sp³-hybridized carbons (Fsp3) is 0.429. The Morgan fingerprint density at radius 3 is 2.72 bits per heavy atom. The molecule has 3 heterocycles. The van der Waals surface area contributed by atoms with Crippen molar-refractivity contribution in [3.8, 4) is 0 Å². The Kier molecular flexibility index (Phi) is 3.54. The molecule has 0 fully saturated rings. The summed E-state index contributed by atoms with van der Waals surface area (Å²) in [5.74, 6) is 2.33. The van der Waals surface area contributed by atoms with E-state index in [1.54, 1.807) is 22.7 Å². The van der Waals surface area contributed by atoms with Gasteiger partial charge in [0.25, 0.3) is 0 Å². The van der Waals surface area contributed by atoms with Crippen molar-refractivity contribution in [1.29, 1.82) is 0 Å². The monoisotopic (exact) mass is 296 g/mol. The third-order valence-corrected chi connectivity index (χ3v) is 6.57. The van der Waals surface area contributed by atoms with Crippen molar-refractivity contribution in [1.82, 2.24) is 0 Å². The quantitative estimate of drug-likeness (QED) is 0.891. The summed E-state index contributed by atoms with van der Waals surface area (Å²) in [6, 6.07) is 4.33. The summed E-state index contributed by atoms with van der Waals surface area (Å²) in [7, 11) is 0. The Bertz CT molecular complexity index is 544. The largest absolute Gasteiger partial charge is 0.383 e. The van der Waals surface area contributed by atoms with Crippen molar-refractivity contribution < 1.29 is 5.11 Å².